The second-order valence-corrected chi connectivity index (χ2v) is 15.2. The molecule has 3 aromatic carbocycles. The first-order valence-corrected chi connectivity index (χ1v) is 23.2. The number of nitrogens with one attached hydrogen (secondary N) is 6. The summed E-state index contributed by atoms with van der Waals surface area (Å²) in [5, 5.41) is 26.0. The summed E-state index contributed by atoms with van der Waals surface area (Å²) in [6.07, 6.45) is 22.8. The van der Waals surface area contributed by atoms with Gasteiger partial charge in [-0.05, 0) is 36.4 Å². The highest BCUT2D eigenvalue weighted by Gasteiger charge is 2.15. The van der Waals surface area contributed by atoms with Crippen LogP contribution in [0.2, 0.25) is 0 Å². The van der Waals surface area contributed by atoms with Crippen molar-refractivity contribution >= 4 is 41.4 Å². The van der Waals surface area contributed by atoms with Crippen molar-refractivity contribution in [3.63, 3.8) is 0 Å². The summed E-state index contributed by atoms with van der Waals surface area (Å²) in [4.78, 5) is 86.3. The van der Waals surface area contributed by atoms with Gasteiger partial charge in [-0.15, -0.1) is 49.4 Å². The fraction of sp³-hybridized carbons (Fsp3) is 0.377. The predicted molar refractivity (Wildman–Crippen MR) is 268 cm³/mol. The van der Waals surface area contributed by atoms with Crippen LogP contribution in [0.3, 0.4) is 0 Å². The third kappa shape index (κ3) is 24.9. The molecule has 0 spiro atoms. The molecule has 7 N–H and O–H groups in total. The third-order valence-electron chi connectivity index (χ3n) is 9.48. The minimum Gasteiger partial charge on any atom is -0.492 e. The van der Waals surface area contributed by atoms with Crippen molar-refractivity contribution in [2.75, 3.05) is 78.9 Å². The van der Waals surface area contributed by atoms with Gasteiger partial charge in [-0.1, -0.05) is 0 Å². The van der Waals surface area contributed by atoms with E-state index in [-0.39, 0.29) is 179 Å². The SMILES string of the molecule is C#CCCC(=O)NCCOc1cc(OCCNC(=O)CCC#C)cc(C(=O)NCCOc2cc(OCCNC(=O)c3cc(OCCNC(=O)CCC#C)cc(OCCNC(=O)CCC#C)c3)cc(C(=O)O)c2)c1. The first-order chi connectivity index (χ1) is 35.3. The van der Waals surface area contributed by atoms with Crippen LogP contribution in [0.1, 0.15) is 82.4 Å². The Labute approximate surface area is 424 Å². The summed E-state index contributed by atoms with van der Waals surface area (Å²) in [6, 6.07) is 13.1. The van der Waals surface area contributed by atoms with Crippen molar-refractivity contribution in [1.29, 1.82) is 0 Å². The number of terminal acetylenes is 4. The van der Waals surface area contributed by atoms with E-state index in [0.717, 1.165) is 0 Å². The van der Waals surface area contributed by atoms with Crippen LogP contribution in [0.15, 0.2) is 54.6 Å². The van der Waals surface area contributed by atoms with E-state index >= 15 is 0 Å². The summed E-state index contributed by atoms with van der Waals surface area (Å²) < 4.78 is 34.8. The Kier molecular flexibility index (Phi) is 27.4. The Hall–Kier alpha value is -9.01. The smallest absolute Gasteiger partial charge is 0.335 e. The van der Waals surface area contributed by atoms with E-state index in [9.17, 15) is 38.7 Å². The normalized spacial score (nSPS) is 10.0. The molecule has 0 aliphatic carbocycles. The molecule has 0 unspecified atom stereocenters. The number of benzene rings is 3. The molecule has 3 rings (SSSR count). The van der Waals surface area contributed by atoms with Gasteiger partial charge < -0.3 is 65.4 Å². The van der Waals surface area contributed by atoms with Gasteiger partial charge in [-0.25, -0.2) is 4.79 Å². The summed E-state index contributed by atoms with van der Waals surface area (Å²) in [5.41, 5.74) is 0.186. The Morgan fingerprint density at radius 3 is 0.795 bits per heavy atom. The van der Waals surface area contributed by atoms with E-state index in [1.807, 2.05) is 0 Å². The number of hydrogen-bond donors (Lipinski definition) is 7. The molecule has 3 aromatic rings. The highest BCUT2D eigenvalue weighted by atomic mass is 16.5. The van der Waals surface area contributed by atoms with Crippen molar-refractivity contribution < 1.29 is 67.1 Å². The van der Waals surface area contributed by atoms with Gasteiger partial charge >= 0.3 is 5.97 Å². The molecule has 0 aliphatic rings. The average Bonchev–Trinajstić information content (AvgIpc) is 3.38. The number of amides is 6. The maximum atomic E-state index is 13.3. The predicted octanol–water partition coefficient (Wildman–Crippen LogP) is 2.64. The molecule has 0 saturated heterocycles. The lowest BCUT2D eigenvalue weighted by Crippen LogP contribution is -2.29. The monoisotopic (exact) mass is 1000 g/mol. The van der Waals surface area contributed by atoms with Crippen molar-refractivity contribution in [1.82, 2.24) is 31.9 Å². The topological polar surface area (TPSA) is 267 Å². The van der Waals surface area contributed by atoms with Crippen LogP contribution in [-0.2, 0) is 19.2 Å². The molecular formula is C53H60N6O14. The van der Waals surface area contributed by atoms with Gasteiger partial charge in [0.25, 0.3) is 11.8 Å². The molecule has 0 heterocycles. The highest BCUT2D eigenvalue weighted by molar-refractivity contribution is 5.95. The quantitative estimate of drug-likeness (QED) is 0.0330. The Morgan fingerprint density at radius 2 is 0.575 bits per heavy atom. The molecule has 0 atom stereocenters. The van der Waals surface area contributed by atoms with Crippen molar-refractivity contribution in [3.8, 4) is 83.9 Å². The minimum absolute atomic E-state index is 0.0144. The number of carbonyl (C=O) groups is 7. The summed E-state index contributed by atoms with van der Waals surface area (Å²) in [7, 11) is 0. The fourth-order valence-corrected chi connectivity index (χ4v) is 6.01. The first kappa shape index (κ1) is 58.3. The van der Waals surface area contributed by atoms with E-state index in [0.29, 0.717) is 25.7 Å². The van der Waals surface area contributed by atoms with Crippen LogP contribution < -0.4 is 60.3 Å². The minimum atomic E-state index is -1.26. The van der Waals surface area contributed by atoms with Gasteiger partial charge in [0.05, 0.1) is 44.8 Å². The molecule has 0 saturated carbocycles. The number of hydrogen-bond acceptors (Lipinski definition) is 13. The largest absolute Gasteiger partial charge is 0.492 e. The standard InChI is InChI=1S/C53H60N6O14/c1-5-9-13-47(60)54-17-23-68-41-29-38(30-42(35-41)69-24-18-55-48(61)14-10-6-2)51(64)58-21-27-72-45-33-40(53(66)67)34-46(37-45)73-28-22-59-52(65)39-31-43(70-25-19-56-49(62)15-11-7-3)36-44(32-39)71-26-20-57-50(63)16-12-8-4/h1-4,29-37H,9-28H2,(H,54,60)(H,55,61)(H,56,62)(H,57,63)(H,58,64)(H,59,65)(H,66,67). The third-order valence-corrected chi connectivity index (χ3v) is 9.48. The maximum Gasteiger partial charge on any atom is 0.335 e. The van der Waals surface area contributed by atoms with Crippen LogP contribution in [0.5, 0.6) is 34.5 Å². The lowest BCUT2D eigenvalue weighted by molar-refractivity contribution is -0.121. The summed E-state index contributed by atoms with van der Waals surface area (Å²) >= 11 is 0. The van der Waals surface area contributed by atoms with Gasteiger partial charge in [0, 0.05) is 80.7 Å². The molecule has 386 valence electrons. The zero-order valence-electron chi connectivity index (χ0n) is 40.4. The Balaban J connectivity index is 1.59. The average molecular weight is 1010 g/mol. The second-order valence-electron chi connectivity index (χ2n) is 15.2. The molecule has 20 nitrogen and oxygen atoms in total. The van der Waals surface area contributed by atoms with Crippen molar-refractivity contribution in [3.05, 3.63) is 71.3 Å². The van der Waals surface area contributed by atoms with Crippen LogP contribution in [-0.4, -0.2) is 125 Å². The first-order valence-electron chi connectivity index (χ1n) is 23.2. The fourth-order valence-electron chi connectivity index (χ4n) is 6.01. The van der Waals surface area contributed by atoms with Gasteiger partial charge in [0.15, 0.2) is 0 Å². The molecule has 0 aromatic heterocycles. The number of rotatable bonds is 35. The van der Waals surface area contributed by atoms with Crippen molar-refractivity contribution in [2.45, 2.75) is 51.4 Å². The highest BCUT2D eigenvalue weighted by Crippen LogP contribution is 2.26. The number of carboxylic acids is 1. The zero-order valence-corrected chi connectivity index (χ0v) is 40.4. The lowest BCUT2D eigenvalue weighted by Gasteiger charge is -2.14. The number of ether oxygens (including phenoxy) is 6. The Morgan fingerprint density at radius 1 is 0.356 bits per heavy atom. The number of carbonyl (C=O) groups excluding carboxylic acids is 6. The number of aromatic carboxylic acids is 1. The zero-order chi connectivity index (χ0) is 53.1. The van der Waals surface area contributed by atoms with Gasteiger partial charge in [-0.3, -0.25) is 28.8 Å². The molecular weight excluding hydrogens is 945 g/mol. The molecule has 0 fully saturated rings. The second kappa shape index (κ2) is 34.3. The molecule has 20 heteroatoms. The lowest BCUT2D eigenvalue weighted by atomic mass is 10.2. The van der Waals surface area contributed by atoms with E-state index in [2.05, 4.69) is 55.6 Å². The van der Waals surface area contributed by atoms with E-state index < -0.39 is 17.8 Å². The summed E-state index contributed by atoms with van der Waals surface area (Å²) in [5.74, 6) is 7.71. The van der Waals surface area contributed by atoms with E-state index in [1.165, 1.54) is 42.5 Å². The molecule has 0 aliphatic heterocycles. The van der Waals surface area contributed by atoms with Crippen molar-refractivity contribution in [2.24, 2.45) is 0 Å². The van der Waals surface area contributed by atoms with Crippen LogP contribution in [0.25, 0.3) is 0 Å². The molecule has 0 bridgehead atoms. The van der Waals surface area contributed by atoms with Gasteiger partial charge in [-0.2, -0.15) is 0 Å². The Bertz CT molecular complexity index is 2240. The summed E-state index contributed by atoms with van der Waals surface area (Å²) in [6.45, 7) is 0.793. The molecule has 0 radical (unpaired) electrons. The van der Waals surface area contributed by atoms with E-state index in [4.69, 9.17) is 54.1 Å². The van der Waals surface area contributed by atoms with E-state index in [1.54, 1.807) is 12.1 Å². The van der Waals surface area contributed by atoms with Crippen LogP contribution in [0.4, 0.5) is 0 Å². The maximum absolute atomic E-state index is 13.3. The van der Waals surface area contributed by atoms with Gasteiger partial charge in [0.2, 0.25) is 23.6 Å². The number of carboxylic acid groups (broad SMARTS) is 1. The van der Waals surface area contributed by atoms with Crippen LogP contribution in [0, 0.1) is 49.4 Å². The van der Waals surface area contributed by atoms with Crippen LogP contribution >= 0.6 is 0 Å². The van der Waals surface area contributed by atoms with Gasteiger partial charge in [0.1, 0.15) is 74.1 Å². The molecule has 6 amide bonds. The molecule has 73 heavy (non-hydrogen) atoms.